The lowest BCUT2D eigenvalue weighted by Crippen LogP contribution is -1.99. The van der Waals surface area contributed by atoms with E-state index < -0.39 is 0 Å². The zero-order chi connectivity index (χ0) is 11.3. The van der Waals surface area contributed by atoms with Crippen molar-refractivity contribution in [2.45, 2.75) is 26.7 Å². The van der Waals surface area contributed by atoms with E-state index in [0.29, 0.717) is 5.92 Å². The van der Waals surface area contributed by atoms with E-state index in [1.165, 1.54) is 33.4 Å². The molecule has 80 valence electrons. The lowest BCUT2D eigenvalue weighted by atomic mass is 9.89. The van der Waals surface area contributed by atoms with Gasteiger partial charge >= 0.3 is 0 Å². The highest BCUT2D eigenvalue weighted by Gasteiger charge is 2.24. The first-order chi connectivity index (χ1) is 7.68. The minimum Gasteiger partial charge on any atom is -0.0726 e. The van der Waals surface area contributed by atoms with Crippen LogP contribution in [0.1, 0.15) is 33.7 Å². The molecule has 0 aliphatic heterocycles. The summed E-state index contributed by atoms with van der Waals surface area (Å²) in [5.41, 5.74) is 8.65. The van der Waals surface area contributed by atoms with Crippen molar-refractivity contribution in [1.29, 1.82) is 0 Å². The summed E-state index contributed by atoms with van der Waals surface area (Å²) in [7, 11) is 0. The van der Waals surface area contributed by atoms with Crippen molar-refractivity contribution in [1.82, 2.24) is 0 Å². The number of hydrogen-bond acceptors (Lipinski definition) is 0. The van der Waals surface area contributed by atoms with Gasteiger partial charge in [-0.3, -0.25) is 0 Å². The van der Waals surface area contributed by atoms with Crippen LogP contribution in [0.15, 0.2) is 35.9 Å². The fourth-order valence-electron chi connectivity index (χ4n) is 2.73. The van der Waals surface area contributed by atoms with Gasteiger partial charge in [-0.05, 0) is 54.2 Å². The molecule has 16 heavy (non-hydrogen) atoms. The summed E-state index contributed by atoms with van der Waals surface area (Å²) in [5, 5.41) is 0. The first-order valence-corrected chi connectivity index (χ1v) is 5.85. The summed E-state index contributed by atoms with van der Waals surface area (Å²) in [5.74, 6) is 0.498. The molecule has 0 amide bonds. The SMILES string of the molecule is Cc1cc2c(c(C)c1C)C=C1C=CC=CC12. The Morgan fingerprint density at radius 3 is 2.62 bits per heavy atom. The van der Waals surface area contributed by atoms with E-state index in [0.717, 1.165) is 0 Å². The van der Waals surface area contributed by atoms with Crippen molar-refractivity contribution in [3.63, 3.8) is 0 Å². The van der Waals surface area contributed by atoms with Gasteiger partial charge in [0.25, 0.3) is 0 Å². The molecule has 0 bridgehead atoms. The third-order valence-corrected chi connectivity index (χ3v) is 3.95. The average molecular weight is 208 g/mol. The molecule has 0 saturated heterocycles. The van der Waals surface area contributed by atoms with Gasteiger partial charge in [0.1, 0.15) is 0 Å². The summed E-state index contributed by atoms with van der Waals surface area (Å²) >= 11 is 0. The molecule has 1 unspecified atom stereocenters. The van der Waals surface area contributed by atoms with Gasteiger partial charge in [0.05, 0.1) is 0 Å². The van der Waals surface area contributed by atoms with Crippen molar-refractivity contribution < 1.29 is 0 Å². The Labute approximate surface area is 97.0 Å². The largest absolute Gasteiger partial charge is 0.0726 e. The number of hydrogen-bond donors (Lipinski definition) is 0. The quantitative estimate of drug-likeness (QED) is 0.599. The fraction of sp³-hybridized carbons (Fsp3) is 0.250. The van der Waals surface area contributed by atoms with Gasteiger partial charge in [-0.1, -0.05) is 36.4 Å². The molecule has 0 nitrogen and oxygen atoms in total. The highest BCUT2D eigenvalue weighted by Crippen LogP contribution is 2.42. The average Bonchev–Trinajstić information content (AvgIpc) is 2.65. The second-order valence-electron chi connectivity index (χ2n) is 4.81. The summed E-state index contributed by atoms with van der Waals surface area (Å²) in [4.78, 5) is 0. The molecule has 1 atom stereocenters. The van der Waals surface area contributed by atoms with E-state index in [2.05, 4.69) is 57.2 Å². The van der Waals surface area contributed by atoms with Gasteiger partial charge in [0.15, 0.2) is 0 Å². The molecule has 0 fully saturated rings. The highest BCUT2D eigenvalue weighted by molar-refractivity contribution is 5.75. The second-order valence-corrected chi connectivity index (χ2v) is 4.81. The van der Waals surface area contributed by atoms with E-state index in [1.54, 1.807) is 0 Å². The van der Waals surface area contributed by atoms with Crippen LogP contribution in [0, 0.1) is 20.8 Å². The molecule has 2 aliphatic carbocycles. The maximum atomic E-state index is 2.36. The highest BCUT2D eigenvalue weighted by atomic mass is 14.3. The molecule has 3 rings (SSSR count). The Morgan fingerprint density at radius 2 is 1.81 bits per heavy atom. The molecule has 1 aromatic carbocycles. The van der Waals surface area contributed by atoms with Gasteiger partial charge in [-0.2, -0.15) is 0 Å². The first kappa shape index (κ1) is 9.65. The smallest absolute Gasteiger partial charge is 0.0278 e. The molecule has 0 heterocycles. The van der Waals surface area contributed by atoms with Crippen molar-refractivity contribution in [2.24, 2.45) is 0 Å². The molecule has 0 heteroatoms. The molecule has 0 spiro atoms. The van der Waals surface area contributed by atoms with Crippen molar-refractivity contribution in [3.8, 4) is 0 Å². The Kier molecular flexibility index (Phi) is 1.94. The van der Waals surface area contributed by atoms with E-state index in [9.17, 15) is 0 Å². The van der Waals surface area contributed by atoms with Gasteiger partial charge in [-0.15, -0.1) is 0 Å². The Balaban J connectivity index is 2.28. The van der Waals surface area contributed by atoms with Crippen LogP contribution in [0.25, 0.3) is 6.08 Å². The summed E-state index contributed by atoms with van der Waals surface area (Å²) in [6.07, 6.45) is 11.2. The van der Waals surface area contributed by atoms with Gasteiger partial charge in [0.2, 0.25) is 0 Å². The first-order valence-electron chi connectivity index (χ1n) is 5.85. The normalized spacial score (nSPS) is 20.7. The molecule has 1 aromatic rings. The predicted molar refractivity (Wildman–Crippen MR) is 69.7 cm³/mol. The second kappa shape index (κ2) is 3.21. The third-order valence-electron chi connectivity index (χ3n) is 3.95. The topological polar surface area (TPSA) is 0 Å². The lowest BCUT2D eigenvalue weighted by molar-refractivity contribution is 1.04. The Bertz CT molecular complexity index is 554. The molecule has 0 radical (unpaired) electrons. The molecule has 2 aliphatic rings. The van der Waals surface area contributed by atoms with E-state index in [-0.39, 0.29) is 0 Å². The van der Waals surface area contributed by atoms with Crippen LogP contribution in [-0.2, 0) is 0 Å². The minimum absolute atomic E-state index is 0.498. The van der Waals surface area contributed by atoms with Crippen molar-refractivity contribution in [2.75, 3.05) is 0 Å². The molecule has 0 saturated carbocycles. The van der Waals surface area contributed by atoms with Crippen molar-refractivity contribution in [3.05, 3.63) is 63.8 Å². The molecular formula is C16H16. The maximum Gasteiger partial charge on any atom is 0.0278 e. The minimum atomic E-state index is 0.498. The molecule has 0 aromatic heterocycles. The van der Waals surface area contributed by atoms with Crippen molar-refractivity contribution >= 4 is 6.08 Å². The van der Waals surface area contributed by atoms with Gasteiger partial charge in [0, 0.05) is 5.92 Å². The number of rotatable bonds is 0. The van der Waals surface area contributed by atoms with Crippen LogP contribution in [0.5, 0.6) is 0 Å². The number of fused-ring (bicyclic) bond motifs is 3. The van der Waals surface area contributed by atoms with E-state index >= 15 is 0 Å². The van der Waals surface area contributed by atoms with Gasteiger partial charge in [-0.25, -0.2) is 0 Å². The van der Waals surface area contributed by atoms with Gasteiger partial charge < -0.3 is 0 Å². The molecule has 0 N–H and O–H groups in total. The van der Waals surface area contributed by atoms with E-state index in [1.807, 2.05) is 0 Å². The maximum absolute atomic E-state index is 2.36. The summed E-state index contributed by atoms with van der Waals surface area (Å²) in [6.45, 7) is 6.67. The Morgan fingerprint density at radius 1 is 1.00 bits per heavy atom. The number of benzene rings is 1. The number of aryl methyl sites for hydroxylation is 1. The van der Waals surface area contributed by atoms with Crippen LogP contribution in [-0.4, -0.2) is 0 Å². The van der Waals surface area contributed by atoms with E-state index in [4.69, 9.17) is 0 Å². The standard InChI is InChI=1S/C16H16/c1-10-8-16-14-7-5-4-6-13(14)9-15(16)12(3)11(10)2/h4-9,14H,1-3H3. The summed E-state index contributed by atoms with van der Waals surface area (Å²) in [6, 6.07) is 2.36. The monoisotopic (exact) mass is 208 g/mol. The number of allylic oxidation sites excluding steroid dienone is 5. The lowest BCUT2D eigenvalue weighted by Gasteiger charge is -2.15. The summed E-state index contributed by atoms with van der Waals surface area (Å²) < 4.78 is 0. The zero-order valence-electron chi connectivity index (χ0n) is 10.0. The van der Waals surface area contributed by atoms with Crippen LogP contribution in [0.3, 0.4) is 0 Å². The Hall–Kier alpha value is -1.56. The van der Waals surface area contributed by atoms with Crippen LogP contribution in [0.2, 0.25) is 0 Å². The molecular weight excluding hydrogens is 192 g/mol. The fourth-order valence-corrected chi connectivity index (χ4v) is 2.73. The zero-order valence-corrected chi connectivity index (χ0v) is 10.0. The van der Waals surface area contributed by atoms with Crippen LogP contribution >= 0.6 is 0 Å². The van der Waals surface area contributed by atoms with Crippen LogP contribution in [0.4, 0.5) is 0 Å². The third kappa shape index (κ3) is 1.16. The predicted octanol–water partition coefficient (Wildman–Crippen LogP) is 4.22. The van der Waals surface area contributed by atoms with Crippen LogP contribution < -0.4 is 0 Å².